The van der Waals surface area contributed by atoms with Crippen LogP contribution in [0.5, 0.6) is 0 Å². The Labute approximate surface area is 66.5 Å². The van der Waals surface area contributed by atoms with Gasteiger partial charge in [0.05, 0.1) is 0 Å². The molecule has 0 aromatic carbocycles. The zero-order valence-corrected chi connectivity index (χ0v) is 8.36. The molecule has 0 aromatic rings. The third kappa shape index (κ3) is 9.40. The van der Waals surface area contributed by atoms with Crippen molar-refractivity contribution in [3.63, 3.8) is 0 Å². The molecule has 48 valence electrons. The van der Waals surface area contributed by atoms with E-state index in [1.54, 1.807) is 0 Å². The van der Waals surface area contributed by atoms with E-state index in [9.17, 15) is 9.59 Å². The predicted octanol–water partition coefficient (Wildman–Crippen LogP) is -0.866. The first kappa shape index (κ1) is 10.9. The first-order valence-corrected chi connectivity index (χ1v) is 1.84. The predicted molar refractivity (Wildman–Crippen MR) is 31.5 cm³/mol. The van der Waals surface area contributed by atoms with E-state index in [1.807, 2.05) is 0 Å². The Kier molecular flexibility index (Phi) is 7.07. The minimum absolute atomic E-state index is 0. The Morgan fingerprint density at radius 2 is 1.88 bits per heavy atom. The van der Waals surface area contributed by atoms with E-state index in [-0.39, 0.29) is 38.8 Å². The molecule has 0 unspecified atom stereocenters. The molecule has 0 aliphatic rings. The number of carboxylic acids is 1. The van der Waals surface area contributed by atoms with Gasteiger partial charge >= 0.3 is 32.5 Å². The van der Waals surface area contributed by atoms with Crippen molar-refractivity contribution in [3.05, 3.63) is 0 Å². The molecular formula is C4H8O3Po. The molecule has 0 radical (unpaired) electrons. The monoisotopic (exact) mass is 313 g/mol. The molecule has 3 nitrogen and oxygen atoms in total. The number of carbonyl (C=O) groups is 2. The van der Waals surface area contributed by atoms with Gasteiger partial charge in [0.2, 0.25) is 0 Å². The summed E-state index contributed by atoms with van der Waals surface area (Å²) in [5.41, 5.74) is 0. The summed E-state index contributed by atoms with van der Waals surface area (Å²) in [5.74, 6) is -1.37. The number of carboxylic acid groups (broad SMARTS) is 1. The maximum atomic E-state index is 9.87. The van der Waals surface area contributed by atoms with E-state index in [0.717, 1.165) is 0 Å². The van der Waals surface area contributed by atoms with Crippen LogP contribution in [0.4, 0.5) is 0 Å². The third-order valence-corrected chi connectivity index (χ3v) is 0.400. The van der Waals surface area contributed by atoms with E-state index in [0.29, 0.717) is 0 Å². The van der Waals surface area contributed by atoms with Gasteiger partial charge in [-0.2, -0.15) is 0 Å². The van der Waals surface area contributed by atoms with Crippen LogP contribution in [-0.2, 0) is 9.59 Å². The Balaban J connectivity index is 0. The fourth-order valence-corrected chi connectivity index (χ4v) is 0.213. The summed E-state index contributed by atoms with van der Waals surface area (Å²) in [4.78, 5) is 19.5. The Morgan fingerprint density at radius 3 is 1.88 bits per heavy atom. The molecule has 0 aliphatic heterocycles. The molecule has 1 N–H and O–H groups in total. The Bertz CT molecular complexity index is 87.5. The standard InChI is InChI=1S/C4H6O3.Po.2H/c1-3(5)2-4(6)7;;;/h2H2,1H3,(H,6,7);;;. The van der Waals surface area contributed by atoms with Crippen molar-refractivity contribution < 1.29 is 14.7 Å². The Morgan fingerprint density at radius 1 is 1.50 bits per heavy atom. The van der Waals surface area contributed by atoms with Gasteiger partial charge in [0.25, 0.3) is 0 Å². The first-order chi connectivity index (χ1) is 3.13. The molecule has 0 saturated carbocycles. The van der Waals surface area contributed by atoms with Crippen molar-refractivity contribution in [1.82, 2.24) is 0 Å². The third-order valence-electron chi connectivity index (χ3n) is 0.400. The number of hydrogen-bond donors (Lipinski definition) is 1. The second-order valence-corrected chi connectivity index (χ2v) is 1.27. The van der Waals surface area contributed by atoms with Gasteiger partial charge < -0.3 is 5.11 Å². The number of aliphatic carboxylic acids is 1. The fraction of sp³-hybridized carbons (Fsp3) is 0.500. The number of Topliss-reactive ketones (excluding diaryl/α,β-unsaturated/α-hetero) is 1. The molecule has 8 heavy (non-hydrogen) atoms. The van der Waals surface area contributed by atoms with Crippen LogP contribution in [0.25, 0.3) is 0 Å². The second-order valence-electron chi connectivity index (χ2n) is 1.27. The van der Waals surface area contributed by atoms with E-state index in [4.69, 9.17) is 5.11 Å². The van der Waals surface area contributed by atoms with Crippen LogP contribution >= 0.6 is 0 Å². The molecule has 0 spiro atoms. The van der Waals surface area contributed by atoms with Gasteiger partial charge in [0.15, 0.2) is 0 Å². The summed E-state index contributed by atoms with van der Waals surface area (Å²) in [7, 11) is 0. The summed E-state index contributed by atoms with van der Waals surface area (Å²) in [5, 5.41) is 7.86. The molecule has 0 atom stereocenters. The average Bonchev–Trinajstić information content (AvgIpc) is 1.27. The van der Waals surface area contributed by atoms with E-state index in [1.165, 1.54) is 6.92 Å². The fourth-order valence-electron chi connectivity index (χ4n) is 0.213. The van der Waals surface area contributed by atoms with E-state index < -0.39 is 5.97 Å². The van der Waals surface area contributed by atoms with Gasteiger partial charge in [-0.1, -0.05) is 0 Å². The average molecular weight is 313 g/mol. The molecular weight excluding hydrogens is 305 g/mol. The molecule has 0 saturated heterocycles. The van der Waals surface area contributed by atoms with Gasteiger partial charge in [-0.05, 0) is 6.92 Å². The molecule has 4 heteroatoms. The number of carbonyl (C=O) groups excluding carboxylic acids is 1. The van der Waals surface area contributed by atoms with Crippen LogP contribution in [0.1, 0.15) is 13.3 Å². The van der Waals surface area contributed by atoms with Crippen molar-refractivity contribution in [3.8, 4) is 0 Å². The van der Waals surface area contributed by atoms with Gasteiger partial charge in [0, 0.05) is 0 Å². The normalized spacial score (nSPS) is 7.12. The van der Waals surface area contributed by atoms with Crippen LogP contribution in [0.15, 0.2) is 0 Å². The molecule has 0 heterocycles. The second kappa shape index (κ2) is 5.18. The molecule has 0 amide bonds. The Hall–Kier alpha value is 0.0361. The van der Waals surface area contributed by atoms with Crippen molar-refractivity contribution in [2.75, 3.05) is 0 Å². The zero-order valence-electron chi connectivity index (χ0n) is 4.47. The summed E-state index contributed by atoms with van der Waals surface area (Å²) >= 11 is 0. The molecule has 0 rings (SSSR count). The minimum atomic E-state index is -1.06. The van der Waals surface area contributed by atoms with Crippen molar-refractivity contribution in [2.45, 2.75) is 13.3 Å². The van der Waals surface area contributed by atoms with Gasteiger partial charge in [-0.3, -0.25) is 9.59 Å². The van der Waals surface area contributed by atoms with Crippen LogP contribution in [-0.4, -0.2) is 43.4 Å². The quantitative estimate of drug-likeness (QED) is 0.675. The number of hydrogen-bond acceptors (Lipinski definition) is 2. The summed E-state index contributed by atoms with van der Waals surface area (Å²) in [6, 6.07) is 0. The van der Waals surface area contributed by atoms with Gasteiger partial charge in [-0.25, -0.2) is 0 Å². The van der Waals surface area contributed by atoms with Crippen LogP contribution < -0.4 is 0 Å². The van der Waals surface area contributed by atoms with Crippen LogP contribution in [0.2, 0.25) is 0 Å². The first-order valence-electron chi connectivity index (χ1n) is 1.84. The molecule has 0 bridgehead atoms. The van der Waals surface area contributed by atoms with Crippen LogP contribution in [0.3, 0.4) is 0 Å². The van der Waals surface area contributed by atoms with Crippen molar-refractivity contribution in [2.24, 2.45) is 0 Å². The summed E-state index contributed by atoms with van der Waals surface area (Å²) in [6.45, 7) is 1.24. The SMILES string of the molecule is CC(=O)CC(=O)O.[PoH2]. The summed E-state index contributed by atoms with van der Waals surface area (Å²) in [6.07, 6.45) is -0.361. The zero-order chi connectivity index (χ0) is 5.86. The van der Waals surface area contributed by atoms with E-state index >= 15 is 0 Å². The van der Waals surface area contributed by atoms with Crippen molar-refractivity contribution >= 4 is 38.3 Å². The van der Waals surface area contributed by atoms with Gasteiger partial charge in [0.1, 0.15) is 12.2 Å². The van der Waals surface area contributed by atoms with E-state index in [2.05, 4.69) is 0 Å². The van der Waals surface area contributed by atoms with Gasteiger partial charge in [-0.15, -0.1) is 0 Å². The van der Waals surface area contributed by atoms with Crippen molar-refractivity contribution in [1.29, 1.82) is 0 Å². The number of ketones is 1. The topological polar surface area (TPSA) is 54.4 Å². The molecule has 0 aromatic heterocycles. The molecule has 0 aliphatic carbocycles. The molecule has 0 fully saturated rings. The summed E-state index contributed by atoms with van der Waals surface area (Å²) < 4.78 is 0. The van der Waals surface area contributed by atoms with Crippen LogP contribution in [0, 0.1) is 0 Å². The number of rotatable bonds is 2. The maximum absolute atomic E-state index is 9.87.